The van der Waals surface area contributed by atoms with Gasteiger partial charge in [0.2, 0.25) is 0 Å². The van der Waals surface area contributed by atoms with E-state index in [1.165, 1.54) is 5.57 Å². The van der Waals surface area contributed by atoms with E-state index in [4.69, 9.17) is 0 Å². The maximum Gasteiger partial charge on any atom is 0.126 e. The summed E-state index contributed by atoms with van der Waals surface area (Å²) in [6.45, 7) is 11.9. The smallest absolute Gasteiger partial charge is 0.126 e. The third-order valence-electron chi connectivity index (χ3n) is 4.49. The molecule has 2 aliphatic rings. The molecule has 3 nitrogen and oxygen atoms in total. The van der Waals surface area contributed by atoms with E-state index in [-0.39, 0.29) is 11.0 Å². The van der Waals surface area contributed by atoms with Crippen molar-refractivity contribution in [3.05, 3.63) is 35.8 Å². The first-order chi connectivity index (χ1) is 9.83. The fourth-order valence-electron chi connectivity index (χ4n) is 3.41. The summed E-state index contributed by atoms with van der Waals surface area (Å²) in [5, 5.41) is 13.0. The fourth-order valence-corrected chi connectivity index (χ4v) is 3.94. The van der Waals surface area contributed by atoms with Crippen LogP contribution < -0.4 is 5.32 Å². The summed E-state index contributed by atoms with van der Waals surface area (Å²) >= 11 is 4.67. The van der Waals surface area contributed by atoms with E-state index in [1.54, 1.807) is 0 Å². The maximum atomic E-state index is 9.65. The van der Waals surface area contributed by atoms with E-state index in [0.29, 0.717) is 11.7 Å². The Bertz CT molecular complexity index is 469. The zero-order chi connectivity index (χ0) is 15.6. The molecule has 4 heteroatoms. The third kappa shape index (κ3) is 3.67. The maximum absolute atomic E-state index is 9.65. The van der Waals surface area contributed by atoms with Gasteiger partial charge >= 0.3 is 0 Å². The van der Waals surface area contributed by atoms with Crippen molar-refractivity contribution in [2.24, 2.45) is 5.92 Å². The first-order valence-corrected chi connectivity index (χ1v) is 8.34. The predicted octanol–water partition coefficient (Wildman–Crippen LogP) is 3.98. The van der Waals surface area contributed by atoms with Crippen molar-refractivity contribution < 1.29 is 5.11 Å². The molecule has 1 saturated heterocycles. The van der Waals surface area contributed by atoms with Crippen LogP contribution in [-0.2, 0) is 0 Å². The summed E-state index contributed by atoms with van der Waals surface area (Å²) < 4.78 is 0. The number of rotatable bonds is 5. The average molecular weight is 308 g/mol. The van der Waals surface area contributed by atoms with E-state index in [0.717, 1.165) is 37.9 Å². The molecule has 1 heterocycles. The summed E-state index contributed by atoms with van der Waals surface area (Å²) in [7, 11) is 0. The average Bonchev–Trinajstić information content (AvgIpc) is 2.57. The number of nitrogens with zero attached hydrogens (tertiary/aromatic N) is 1. The Kier molecular flexibility index (Phi) is 5.10. The molecular formula is C17H28N2OS. The number of nitrogens with one attached hydrogen (secondary N) is 1. The normalized spacial score (nSPS) is 30.3. The molecule has 0 amide bonds. The van der Waals surface area contributed by atoms with Gasteiger partial charge in [-0.3, -0.25) is 4.90 Å². The van der Waals surface area contributed by atoms with Gasteiger partial charge in [0.15, 0.2) is 0 Å². The first-order valence-electron chi connectivity index (χ1n) is 7.82. The summed E-state index contributed by atoms with van der Waals surface area (Å²) in [4.78, 5) is 2.39. The molecule has 0 saturated carbocycles. The lowest BCUT2D eigenvalue weighted by molar-refractivity contribution is 0.143. The lowest BCUT2D eigenvalue weighted by Crippen LogP contribution is -2.46. The number of hydrogen-bond donors (Lipinski definition) is 3. The molecule has 2 rings (SSSR count). The molecule has 1 aliphatic heterocycles. The quantitative estimate of drug-likeness (QED) is 0.672. The highest BCUT2D eigenvalue weighted by Crippen LogP contribution is 2.37. The predicted molar refractivity (Wildman–Crippen MR) is 92.3 cm³/mol. The van der Waals surface area contributed by atoms with Crippen molar-refractivity contribution in [3.8, 4) is 0 Å². The lowest BCUT2D eigenvalue weighted by Gasteiger charge is -2.37. The lowest BCUT2D eigenvalue weighted by atomic mass is 9.87. The summed E-state index contributed by atoms with van der Waals surface area (Å²) in [5.41, 5.74) is 2.25. The topological polar surface area (TPSA) is 35.5 Å². The Labute approximate surface area is 134 Å². The molecule has 1 aliphatic carbocycles. The molecule has 0 aromatic rings. The largest absolute Gasteiger partial charge is 0.512 e. The van der Waals surface area contributed by atoms with Crippen molar-refractivity contribution >= 4 is 12.6 Å². The molecule has 1 fully saturated rings. The van der Waals surface area contributed by atoms with Crippen LogP contribution in [0.5, 0.6) is 0 Å². The standard InChI is InChI=1S/C17H28N2OS/c1-12(2)11-17(4)13(3)18-16(21)19(17)9-8-14-6-5-7-15(20)10-14/h6,10,12,16,18,20-21H,3,5,7-9,11H2,1-2,4H3. The second-order valence-electron chi connectivity index (χ2n) is 6.77. The van der Waals surface area contributed by atoms with Crippen LogP contribution in [0.2, 0.25) is 0 Å². The molecule has 118 valence electrons. The van der Waals surface area contributed by atoms with Crippen LogP contribution in [0.4, 0.5) is 0 Å². The highest BCUT2D eigenvalue weighted by Gasteiger charge is 2.44. The van der Waals surface area contributed by atoms with Crippen LogP contribution in [0.15, 0.2) is 35.8 Å². The molecule has 0 radical (unpaired) electrons. The van der Waals surface area contributed by atoms with Crippen molar-refractivity contribution in [1.29, 1.82) is 0 Å². The number of hydrogen-bond acceptors (Lipinski definition) is 4. The van der Waals surface area contributed by atoms with Crippen molar-refractivity contribution in [2.75, 3.05) is 6.54 Å². The van der Waals surface area contributed by atoms with Crippen molar-refractivity contribution in [1.82, 2.24) is 10.2 Å². The van der Waals surface area contributed by atoms with Crippen LogP contribution in [0.3, 0.4) is 0 Å². The molecule has 21 heavy (non-hydrogen) atoms. The van der Waals surface area contributed by atoms with Crippen LogP contribution in [0.25, 0.3) is 0 Å². The molecule has 0 aromatic heterocycles. The molecule has 2 atom stereocenters. The third-order valence-corrected chi connectivity index (χ3v) is 4.90. The zero-order valence-corrected chi connectivity index (χ0v) is 14.3. The van der Waals surface area contributed by atoms with Crippen LogP contribution in [-0.4, -0.2) is 27.6 Å². The minimum atomic E-state index is -0.0540. The van der Waals surface area contributed by atoms with E-state index < -0.39 is 0 Å². The van der Waals surface area contributed by atoms with E-state index in [9.17, 15) is 5.11 Å². The summed E-state index contributed by atoms with van der Waals surface area (Å²) in [6, 6.07) is 0. The van der Waals surface area contributed by atoms with Gasteiger partial charge < -0.3 is 10.4 Å². The molecule has 0 spiro atoms. The number of thiol groups is 1. The highest BCUT2D eigenvalue weighted by molar-refractivity contribution is 7.80. The number of aliphatic hydroxyl groups is 1. The molecular weight excluding hydrogens is 280 g/mol. The molecule has 0 aromatic carbocycles. The minimum Gasteiger partial charge on any atom is -0.512 e. The van der Waals surface area contributed by atoms with Gasteiger partial charge in [-0.1, -0.05) is 26.5 Å². The number of aliphatic hydroxyl groups excluding tert-OH is 1. The SMILES string of the molecule is C=C1NC(S)N(CCC2=CCCC(O)=C2)C1(C)CC(C)C. The minimum absolute atomic E-state index is 0.0167. The molecule has 2 N–H and O–H groups in total. The molecule has 2 unspecified atom stereocenters. The van der Waals surface area contributed by atoms with Crippen LogP contribution in [0, 0.1) is 5.92 Å². The van der Waals surface area contributed by atoms with Gasteiger partial charge in [0.25, 0.3) is 0 Å². The highest BCUT2D eigenvalue weighted by atomic mass is 32.1. The number of allylic oxidation sites excluding steroid dienone is 3. The van der Waals surface area contributed by atoms with E-state index in [1.807, 2.05) is 6.08 Å². The Morgan fingerprint density at radius 1 is 1.57 bits per heavy atom. The first kappa shape index (κ1) is 16.5. The van der Waals surface area contributed by atoms with Crippen molar-refractivity contribution in [3.63, 3.8) is 0 Å². The Morgan fingerprint density at radius 3 is 2.90 bits per heavy atom. The van der Waals surface area contributed by atoms with Gasteiger partial charge in [0, 0.05) is 18.7 Å². The zero-order valence-electron chi connectivity index (χ0n) is 13.4. The molecule has 0 bridgehead atoms. The van der Waals surface area contributed by atoms with Gasteiger partial charge in [-0.15, -0.1) is 12.6 Å². The van der Waals surface area contributed by atoms with Crippen LogP contribution in [0.1, 0.15) is 46.5 Å². The van der Waals surface area contributed by atoms with Gasteiger partial charge in [0.05, 0.1) is 11.3 Å². The van der Waals surface area contributed by atoms with E-state index >= 15 is 0 Å². The van der Waals surface area contributed by atoms with Gasteiger partial charge in [-0.25, -0.2) is 0 Å². The van der Waals surface area contributed by atoms with Crippen molar-refractivity contribution in [2.45, 2.75) is 57.5 Å². The van der Waals surface area contributed by atoms with Gasteiger partial charge in [0.1, 0.15) is 5.50 Å². The Morgan fingerprint density at radius 2 is 2.29 bits per heavy atom. The summed E-state index contributed by atoms with van der Waals surface area (Å²) in [5.74, 6) is 1.11. The second kappa shape index (κ2) is 6.49. The Balaban J connectivity index is 2.06. The van der Waals surface area contributed by atoms with Crippen LogP contribution >= 0.6 is 12.6 Å². The van der Waals surface area contributed by atoms with Gasteiger partial charge in [-0.2, -0.15) is 0 Å². The second-order valence-corrected chi connectivity index (χ2v) is 7.25. The Hall–Kier alpha value is -0.870. The van der Waals surface area contributed by atoms with Gasteiger partial charge in [-0.05, 0) is 43.8 Å². The van der Waals surface area contributed by atoms with E-state index in [2.05, 4.69) is 56.3 Å². The summed E-state index contributed by atoms with van der Waals surface area (Å²) in [6.07, 6.45) is 7.85. The fraction of sp³-hybridized carbons (Fsp3) is 0.647. The monoisotopic (exact) mass is 308 g/mol.